The molecule has 186 valence electrons. The van der Waals surface area contributed by atoms with Crippen LogP contribution in [0.5, 0.6) is 5.75 Å². The number of aromatic nitrogens is 2. The minimum atomic E-state index is 0.00111. The first-order chi connectivity index (χ1) is 17.7. The van der Waals surface area contributed by atoms with E-state index in [1.807, 2.05) is 48.8 Å². The van der Waals surface area contributed by atoms with E-state index < -0.39 is 0 Å². The van der Waals surface area contributed by atoms with E-state index in [0.29, 0.717) is 6.61 Å². The number of hydrogen-bond donors (Lipinski definition) is 0. The van der Waals surface area contributed by atoms with Crippen molar-refractivity contribution in [2.24, 2.45) is 7.05 Å². The summed E-state index contributed by atoms with van der Waals surface area (Å²) in [7, 11) is 1.79. The number of unbranched alkanes of at least 4 members (excludes halogenated alkanes) is 2. The zero-order chi connectivity index (χ0) is 25.0. The fourth-order valence-electron chi connectivity index (χ4n) is 4.29. The normalized spacial score (nSPS) is 11.5. The van der Waals surface area contributed by atoms with Gasteiger partial charge < -0.3 is 9.30 Å². The molecular weight excluding hydrogens is 446 g/mol. The molecule has 0 spiro atoms. The molecule has 2 heterocycles. The highest BCUT2D eigenvalue weighted by Gasteiger charge is 2.05. The predicted molar refractivity (Wildman–Crippen MR) is 148 cm³/mol. The van der Waals surface area contributed by atoms with Crippen LogP contribution in [0.4, 0.5) is 0 Å². The van der Waals surface area contributed by atoms with Gasteiger partial charge in [-0.25, -0.2) is 0 Å². The number of fused-ring (bicyclic) bond motifs is 1. The molecule has 2 aromatic carbocycles. The van der Waals surface area contributed by atoms with Gasteiger partial charge in [-0.3, -0.25) is 14.7 Å². The maximum atomic E-state index is 11.8. The average molecular weight is 482 g/mol. The number of ether oxygens (including phenoxy) is 1. The molecular formula is C31H35N3O2. The summed E-state index contributed by atoms with van der Waals surface area (Å²) in [4.78, 5) is 18.6. The van der Waals surface area contributed by atoms with Crippen LogP contribution in [0.3, 0.4) is 0 Å². The summed E-state index contributed by atoms with van der Waals surface area (Å²) in [6.07, 6.45) is 12.5. The van der Waals surface area contributed by atoms with Crippen LogP contribution in [0, 0.1) is 0 Å². The molecule has 0 unspecified atom stereocenters. The Morgan fingerprint density at radius 1 is 0.944 bits per heavy atom. The van der Waals surface area contributed by atoms with Gasteiger partial charge in [-0.2, -0.15) is 0 Å². The third-order valence-electron chi connectivity index (χ3n) is 6.40. The van der Waals surface area contributed by atoms with Crippen molar-refractivity contribution < 1.29 is 4.74 Å². The Morgan fingerprint density at radius 2 is 1.83 bits per heavy atom. The molecule has 5 nitrogen and oxygen atoms in total. The quantitative estimate of drug-likeness (QED) is 0.229. The van der Waals surface area contributed by atoms with Crippen molar-refractivity contribution in [3.63, 3.8) is 0 Å². The summed E-state index contributed by atoms with van der Waals surface area (Å²) in [5, 5.41) is 1.02. The summed E-state index contributed by atoms with van der Waals surface area (Å²) < 4.78 is 7.65. The number of aryl methyl sites for hydroxylation is 1. The molecule has 0 amide bonds. The van der Waals surface area contributed by atoms with Crippen molar-refractivity contribution >= 4 is 17.0 Å². The Bertz CT molecular complexity index is 1300. The Hall–Kier alpha value is -3.70. The van der Waals surface area contributed by atoms with Gasteiger partial charge >= 0.3 is 0 Å². The number of rotatable bonds is 13. The lowest BCUT2D eigenvalue weighted by Crippen LogP contribution is -2.27. The molecule has 0 aliphatic carbocycles. The highest BCUT2D eigenvalue weighted by atomic mass is 16.5. The zero-order valence-corrected chi connectivity index (χ0v) is 21.1. The lowest BCUT2D eigenvalue weighted by Gasteiger charge is -2.20. The third-order valence-corrected chi connectivity index (χ3v) is 6.40. The van der Waals surface area contributed by atoms with Crippen molar-refractivity contribution in [2.45, 2.75) is 25.7 Å². The fraction of sp³-hybridized carbons (Fsp3) is 0.290. The Balaban J connectivity index is 1.22. The van der Waals surface area contributed by atoms with E-state index in [1.54, 1.807) is 17.7 Å². The Morgan fingerprint density at radius 3 is 2.67 bits per heavy atom. The summed E-state index contributed by atoms with van der Waals surface area (Å²) in [6, 6.07) is 24.0. The summed E-state index contributed by atoms with van der Waals surface area (Å²) >= 11 is 0. The minimum Gasteiger partial charge on any atom is -0.494 e. The molecule has 0 radical (unpaired) electrons. The highest BCUT2D eigenvalue weighted by Crippen LogP contribution is 2.19. The molecule has 0 aliphatic heterocycles. The van der Waals surface area contributed by atoms with E-state index in [0.717, 1.165) is 62.0 Å². The molecule has 5 heteroatoms. The smallest absolute Gasteiger partial charge is 0.250 e. The summed E-state index contributed by atoms with van der Waals surface area (Å²) in [6.45, 7) is 3.70. The van der Waals surface area contributed by atoms with E-state index in [-0.39, 0.29) is 5.56 Å². The van der Waals surface area contributed by atoms with Crippen LogP contribution < -0.4 is 10.3 Å². The van der Waals surface area contributed by atoms with Crippen molar-refractivity contribution in [1.82, 2.24) is 14.5 Å². The van der Waals surface area contributed by atoms with Crippen molar-refractivity contribution in [3.05, 3.63) is 113 Å². The van der Waals surface area contributed by atoms with Crippen LogP contribution in [0.15, 0.2) is 96.1 Å². The molecule has 36 heavy (non-hydrogen) atoms. The van der Waals surface area contributed by atoms with Crippen LogP contribution in [-0.4, -0.2) is 40.7 Å². The first-order valence-electron chi connectivity index (χ1n) is 12.7. The van der Waals surface area contributed by atoms with E-state index in [9.17, 15) is 4.79 Å². The molecule has 0 fully saturated rings. The highest BCUT2D eigenvalue weighted by molar-refractivity contribution is 5.80. The fourth-order valence-corrected chi connectivity index (χ4v) is 4.29. The molecule has 0 N–H and O–H groups in total. The van der Waals surface area contributed by atoms with Gasteiger partial charge in [0.15, 0.2) is 0 Å². The van der Waals surface area contributed by atoms with Crippen molar-refractivity contribution in [1.29, 1.82) is 0 Å². The second kappa shape index (κ2) is 13.4. The second-order valence-electron chi connectivity index (χ2n) is 9.09. The van der Waals surface area contributed by atoms with Gasteiger partial charge in [-0.05, 0) is 73.7 Å². The summed E-state index contributed by atoms with van der Waals surface area (Å²) in [5.41, 5.74) is 3.43. The Labute approximate surface area is 213 Å². The van der Waals surface area contributed by atoms with Crippen molar-refractivity contribution in [2.75, 3.05) is 26.2 Å². The molecule has 0 bridgehead atoms. The van der Waals surface area contributed by atoms with E-state index in [2.05, 4.69) is 52.4 Å². The van der Waals surface area contributed by atoms with Crippen LogP contribution in [0.1, 0.15) is 30.4 Å². The SMILES string of the molecule is Cn1c(=O)ccc2cc(OCCCCCN(CC=Cc3ccccc3)CCc3cccnc3)ccc21. The van der Waals surface area contributed by atoms with Gasteiger partial charge in [-0.15, -0.1) is 0 Å². The molecule has 2 aromatic heterocycles. The molecule has 0 atom stereocenters. The van der Waals surface area contributed by atoms with Gasteiger partial charge in [0.1, 0.15) is 5.75 Å². The minimum absolute atomic E-state index is 0.00111. The maximum Gasteiger partial charge on any atom is 0.250 e. The largest absolute Gasteiger partial charge is 0.494 e. The molecule has 0 saturated carbocycles. The van der Waals surface area contributed by atoms with Gasteiger partial charge in [0.2, 0.25) is 0 Å². The molecule has 4 rings (SSSR count). The van der Waals surface area contributed by atoms with Crippen LogP contribution in [-0.2, 0) is 13.5 Å². The summed E-state index contributed by atoms with van der Waals surface area (Å²) in [5.74, 6) is 0.852. The third kappa shape index (κ3) is 7.65. The molecule has 0 saturated heterocycles. The number of benzene rings is 2. The lowest BCUT2D eigenvalue weighted by molar-refractivity contribution is 0.279. The van der Waals surface area contributed by atoms with Crippen molar-refractivity contribution in [3.8, 4) is 5.75 Å². The average Bonchev–Trinajstić information content (AvgIpc) is 2.92. The molecule has 4 aromatic rings. The maximum absolute atomic E-state index is 11.8. The van der Waals surface area contributed by atoms with E-state index >= 15 is 0 Å². The van der Waals surface area contributed by atoms with Gasteiger partial charge in [0.25, 0.3) is 5.56 Å². The van der Waals surface area contributed by atoms with Crippen LogP contribution >= 0.6 is 0 Å². The Kier molecular flexibility index (Phi) is 9.46. The number of pyridine rings is 2. The topological polar surface area (TPSA) is 47.4 Å². The van der Waals surface area contributed by atoms with Gasteiger partial charge in [0, 0.05) is 44.0 Å². The number of nitrogens with zero attached hydrogens (tertiary/aromatic N) is 3. The van der Waals surface area contributed by atoms with Crippen LogP contribution in [0.25, 0.3) is 17.0 Å². The van der Waals surface area contributed by atoms with Gasteiger partial charge in [-0.1, -0.05) is 48.6 Å². The van der Waals surface area contributed by atoms with Crippen LogP contribution in [0.2, 0.25) is 0 Å². The second-order valence-corrected chi connectivity index (χ2v) is 9.09. The number of hydrogen-bond acceptors (Lipinski definition) is 4. The molecule has 0 aliphatic rings. The first-order valence-corrected chi connectivity index (χ1v) is 12.7. The standard InChI is InChI=1S/C31H35N3O2/c1-33-30-16-15-29(24-28(30)14-17-31(33)35)36-23-7-3-6-20-34(22-18-27-12-8-19-32-25-27)21-9-13-26-10-4-2-5-11-26/h2,4-5,8-17,19,24-25H,3,6-7,18,20-23H2,1H3. The van der Waals surface area contributed by atoms with Gasteiger partial charge in [0.05, 0.1) is 12.1 Å². The zero-order valence-electron chi connectivity index (χ0n) is 21.1. The monoisotopic (exact) mass is 481 g/mol. The lowest BCUT2D eigenvalue weighted by atomic mass is 10.1. The first kappa shape index (κ1) is 25.4. The van der Waals surface area contributed by atoms with E-state index in [4.69, 9.17) is 4.74 Å². The predicted octanol–water partition coefficient (Wildman–Crippen LogP) is 5.74. The van der Waals surface area contributed by atoms with E-state index in [1.165, 1.54) is 11.1 Å².